The van der Waals surface area contributed by atoms with E-state index >= 15 is 0 Å². The number of aromatic hydroxyl groups is 2. The molecule has 0 aliphatic heterocycles. The highest BCUT2D eigenvalue weighted by molar-refractivity contribution is 8.30. The zero-order valence-electron chi connectivity index (χ0n) is 39.2. The van der Waals surface area contributed by atoms with E-state index in [0.717, 1.165) is 54.6 Å². The highest BCUT2D eigenvalue weighted by Crippen LogP contribution is 2.63. The van der Waals surface area contributed by atoms with Gasteiger partial charge < -0.3 is 21.1 Å². The number of rotatable bonds is 19. The number of azo groups is 4. The van der Waals surface area contributed by atoms with Crippen molar-refractivity contribution in [3.8, 4) is 11.5 Å². The molecule has 0 aliphatic rings. The van der Waals surface area contributed by atoms with Gasteiger partial charge in [0.2, 0.25) is 0 Å². The largest absolute Gasteiger partial charge is 0.505 e. The van der Waals surface area contributed by atoms with Crippen LogP contribution in [0, 0.1) is 24.8 Å². The Bertz CT molecular complexity index is 4700. The normalized spacial score (nSPS) is 13.2. The van der Waals surface area contributed by atoms with Gasteiger partial charge in [-0.1, -0.05) is 0 Å². The van der Waals surface area contributed by atoms with Crippen molar-refractivity contribution in [3.05, 3.63) is 121 Å². The lowest BCUT2D eigenvalue weighted by Gasteiger charge is -2.16. The number of nitro groups is 1. The van der Waals surface area contributed by atoms with Crippen molar-refractivity contribution in [2.75, 3.05) is 5.73 Å². The lowest BCUT2D eigenvalue weighted by Crippen LogP contribution is -2.04. The Balaban J connectivity index is 1.40. The van der Waals surface area contributed by atoms with E-state index in [0.29, 0.717) is 24.3 Å². The van der Waals surface area contributed by atoms with Crippen LogP contribution >= 0.6 is 10.6 Å². The Kier molecular flexibility index (Phi) is 16.0. The van der Waals surface area contributed by atoms with Gasteiger partial charge in [-0.15, -0.1) is 45.4 Å². The van der Waals surface area contributed by atoms with Gasteiger partial charge in [0.1, 0.15) is 53.7 Å². The molecule has 0 unspecified atom stereocenters. The summed E-state index contributed by atoms with van der Waals surface area (Å²) >= 11 is 0. The van der Waals surface area contributed by atoms with E-state index in [-0.39, 0.29) is 23.5 Å². The Hall–Kier alpha value is -9.57. The van der Waals surface area contributed by atoms with Gasteiger partial charge in [-0.05, 0) is 78.9 Å². The number of benzene rings is 7. The molecule has 0 atom stereocenters. The Morgan fingerprint density at radius 2 is 0.976 bits per heavy atom. The second kappa shape index (κ2) is 21.8. The minimum absolute atomic E-state index is 0.0449. The second-order valence-corrected chi connectivity index (χ2v) is 24.6. The summed E-state index contributed by atoms with van der Waals surface area (Å²) < 4.78 is 183. The molecule has 7 aromatic carbocycles. The van der Waals surface area contributed by atoms with Crippen molar-refractivity contribution in [1.82, 2.24) is 0 Å². The number of nitrogen functional groups attached to an aromatic ring is 1. The van der Waals surface area contributed by atoms with Gasteiger partial charge in [-0.25, -0.2) is 4.79 Å². The standard InChI is InChI=1S/C39H25N13O24S6/c40-33-27(15-28(79(65,66)67)23-14-31(81(71,72)73)35(37(54)32(23)33)48-45-26-12-18(52(60)61)4-7-21(26)39(55)56)46-44-25-10-8-20-22(38(25)82(74,75)76)13-30(80(68,69)70)34(36(20)53)47-43-24-9-3-17(11-29(24)77(49-57,50-58)51-59)42-41-16-1-5-19(6-2-16)78(62,63)64/h1-15,53-54H,40H2,(H,55,56)(H,62,63,64)(H,65,66,67)(H,68,69,70)(H,71,72,73)(H,74,75,76). The molecule has 0 bridgehead atoms. The van der Waals surface area contributed by atoms with Gasteiger partial charge in [-0.2, -0.15) is 52.3 Å². The zero-order chi connectivity index (χ0) is 60.8. The van der Waals surface area contributed by atoms with Crippen LogP contribution in [0.25, 0.3) is 21.5 Å². The molecular weight excluding hydrogens is 1230 g/mol. The van der Waals surface area contributed by atoms with Crippen LogP contribution in [-0.2, 0) is 50.6 Å². The molecule has 426 valence electrons. The number of hydrogen-bond acceptors (Lipinski definition) is 30. The summed E-state index contributed by atoms with van der Waals surface area (Å²) in [6.45, 7) is 0. The van der Waals surface area contributed by atoms with Gasteiger partial charge in [0, 0.05) is 42.0 Å². The number of anilines is 1. The summed E-state index contributed by atoms with van der Waals surface area (Å²) in [5, 5.41) is 69.1. The number of fused-ring (bicyclic) bond motifs is 2. The molecule has 0 aliphatic carbocycles. The fraction of sp³-hybridized carbons (Fsp3) is 0. The van der Waals surface area contributed by atoms with Crippen LogP contribution in [-0.4, -0.2) is 91.1 Å². The van der Waals surface area contributed by atoms with Gasteiger partial charge >= 0.3 is 5.97 Å². The average Bonchev–Trinajstić information content (AvgIpc) is 3.54. The van der Waals surface area contributed by atoms with Crippen molar-refractivity contribution >= 4 is 146 Å². The molecule has 0 aromatic heterocycles. The highest BCUT2D eigenvalue weighted by atomic mass is 32.3. The van der Waals surface area contributed by atoms with Gasteiger partial charge in [0.05, 0.1) is 42.7 Å². The summed E-state index contributed by atoms with van der Waals surface area (Å²) in [4.78, 5) is 50.8. The first-order valence-electron chi connectivity index (χ1n) is 20.7. The smallest absolute Gasteiger partial charge is 0.337 e. The Morgan fingerprint density at radius 1 is 0.476 bits per heavy atom. The SMILES string of the molecule is Nc1c(N=Nc2ccc3c(O)c(N=Nc4ccc(N=Nc5ccc(S(=O)(=O)O)cc5)cc4S(N=O)(N=O)N=O)c(S(=O)(=O)O)cc3c2S(=O)(=O)O)cc(S(=O)(=O)O)c2cc(S(=O)(=O)O)c(N=Nc3cc([N+](=O)[O-])ccc3C(=O)O)c(O)c12. The fourth-order valence-corrected chi connectivity index (χ4v) is 11.5. The molecule has 7 aromatic rings. The number of phenolic OH excluding ortho intramolecular Hbond substituents is 2. The van der Waals surface area contributed by atoms with Gasteiger partial charge in [-0.3, -0.25) is 32.9 Å². The first-order valence-corrected chi connectivity index (χ1v) is 29.4. The molecule has 0 heterocycles. The number of carboxylic acids is 1. The monoisotopic (exact) mass is 1250 g/mol. The van der Waals surface area contributed by atoms with Crippen LogP contribution in [0.4, 0.5) is 56.9 Å². The topological polar surface area (TPSA) is 606 Å². The molecule has 82 heavy (non-hydrogen) atoms. The minimum Gasteiger partial charge on any atom is -0.505 e. The number of nitrogens with two attached hydrogens (primary N) is 1. The van der Waals surface area contributed by atoms with E-state index in [1.54, 1.807) is 0 Å². The van der Waals surface area contributed by atoms with Crippen molar-refractivity contribution in [3.63, 3.8) is 0 Å². The third-order valence-electron chi connectivity index (χ3n) is 10.7. The number of carboxylic acid groups (broad SMARTS) is 1. The summed E-state index contributed by atoms with van der Waals surface area (Å²) in [5.41, 5.74) is -2.97. The molecule has 37 nitrogen and oxygen atoms in total. The molecule has 0 radical (unpaired) electrons. The quantitative estimate of drug-likeness (QED) is 0.00907. The molecule has 10 N–H and O–H groups in total. The molecule has 7 rings (SSSR count). The maximum Gasteiger partial charge on any atom is 0.337 e. The molecule has 0 amide bonds. The lowest BCUT2D eigenvalue weighted by atomic mass is 10.0. The van der Waals surface area contributed by atoms with Crippen LogP contribution in [0.3, 0.4) is 0 Å². The first-order chi connectivity index (χ1) is 38.1. The maximum atomic E-state index is 13.1. The van der Waals surface area contributed by atoms with Crippen molar-refractivity contribution < 1.29 is 89.9 Å². The average molecular weight is 1250 g/mol. The minimum atomic E-state index is -5.78. The Labute approximate surface area is 455 Å². The molecule has 0 spiro atoms. The van der Waals surface area contributed by atoms with E-state index < -0.39 is 186 Å². The fourth-order valence-electron chi connectivity index (χ4n) is 7.16. The van der Waals surface area contributed by atoms with Crippen LogP contribution in [0.15, 0.2) is 175 Å². The van der Waals surface area contributed by atoms with Crippen molar-refractivity contribution in [1.29, 1.82) is 0 Å². The molecule has 0 saturated carbocycles. The van der Waals surface area contributed by atoms with Gasteiger partial charge in [0.15, 0.2) is 22.1 Å². The van der Waals surface area contributed by atoms with E-state index in [1.807, 2.05) is 0 Å². The van der Waals surface area contributed by atoms with Crippen molar-refractivity contribution in [2.24, 2.45) is 54.7 Å². The summed E-state index contributed by atoms with van der Waals surface area (Å²) in [6.07, 6.45) is 0. The third kappa shape index (κ3) is 12.0. The van der Waals surface area contributed by atoms with Crippen LogP contribution < -0.4 is 5.73 Å². The maximum absolute atomic E-state index is 13.1. The van der Waals surface area contributed by atoms with E-state index in [1.165, 1.54) is 0 Å². The summed E-state index contributed by atoms with van der Waals surface area (Å²) in [7, 11) is -32.0. The first kappa shape index (κ1) is 60.1. The van der Waals surface area contributed by atoms with E-state index in [4.69, 9.17) is 5.73 Å². The van der Waals surface area contributed by atoms with Crippen LogP contribution in [0.5, 0.6) is 11.5 Å². The predicted octanol–water partition coefficient (Wildman–Crippen LogP) is 9.70. The number of nitro benzene ring substituents is 1. The van der Waals surface area contributed by atoms with Gasteiger partial charge in [0.25, 0.3) is 56.3 Å². The molecular formula is C39H25N13O24S6. The number of aromatic carboxylic acids is 1. The van der Waals surface area contributed by atoms with Crippen LogP contribution in [0.1, 0.15) is 10.4 Å². The molecule has 0 fully saturated rings. The summed E-state index contributed by atoms with van der Waals surface area (Å²) in [5.74, 6) is -4.68. The van der Waals surface area contributed by atoms with Crippen LogP contribution in [0.2, 0.25) is 0 Å². The predicted molar refractivity (Wildman–Crippen MR) is 278 cm³/mol. The number of nitrogens with zero attached hydrogens (tertiary/aromatic N) is 12. The zero-order valence-corrected chi connectivity index (χ0v) is 44.1. The highest BCUT2D eigenvalue weighted by Gasteiger charge is 2.36. The lowest BCUT2D eigenvalue weighted by molar-refractivity contribution is -0.384. The number of non-ortho nitro benzene ring substituents is 1. The molecule has 43 heteroatoms. The van der Waals surface area contributed by atoms with E-state index in [2.05, 4.69) is 54.7 Å². The number of nitroso groups, excluding NO2 is 3. The Morgan fingerprint density at radius 3 is 1.50 bits per heavy atom. The second-order valence-electron chi connectivity index (χ2n) is 15.7. The molecule has 0 saturated heterocycles. The number of hydrogen-bond donors (Lipinski definition) is 9. The third-order valence-corrected chi connectivity index (χ3v) is 16.7. The van der Waals surface area contributed by atoms with Crippen molar-refractivity contribution in [2.45, 2.75) is 29.4 Å². The number of carbonyl (C=O) groups is 1. The number of phenols is 2. The van der Waals surface area contributed by atoms with E-state index in [9.17, 15) is 110 Å². The summed E-state index contributed by atoms with van der Waals surface area (Å²) in [6, 6.07) is 10.9.